The molecule has 0 aromatic heterocycles. The van der Waals surface area contributed by atoms with Gasteiger partial charge in [0.15, 0.2) is 0 Å². The summed E-state index contributed by atoms with van der Waals surface area (Å²) in [6.07, 6.45) is 4.45. The largest absolute Gasteiger partial charge is 0.326 e. The second-order valence-electron chi connectivity index (χ2n) is 6.34. The first-order valence-electron chi connectivity index (χ1n) is 7.65. The lowest BCUT2D eigenvalue weighted by molar-refractivity contribution is -0.136. The number of amides is 1. The van der Waals surface area contributed by atoms with E-state index in [1.54, 1.807) is 6.07 Å². The van der Waals surface area contributed by atoms with E-state index < -0.39 is 0 Å². The highest BCUT2D eigenvalue weighted by atomic mass is 35.5. The molecule has 3 nitrogen and oxygen atoms in total. The first kappa shape index (κ1) is 14.6. The van der Waals surface area contributed by atoms with Crippen LogP contribution in [0.3, 0.4) is 0 Å². The molecule has 2 aliphatic rings. The summed E-state index contributed by atoms with van der Waals surface area (Å²) >= 11 is 5.99. The second-order valence-corrected chi connectivity index (χ2v) is 6.78. The third kappa shape index (κ3) is 2.98. The van der Waals surface area contributed by atoms with Crippen molar-refractivity contribution in [1.82, 2.24) is 0 Å². The average Bonchev–Trinajstić information content (AvgIpc) is 2.42. The molecule has 0 spiro atoms. The fourth-order valence-electron chi connectivity index (χ4n) is 3.66. The highest BCUT2D eigenvalue weighted by molar-refractivity contribution is 6.31. The van der Waals surface area contributed by atoms with Crippen LogP contribution in [-0.4, -0.2) is 11.7 Å². The molecule has 112 valence electrons. The zero-order valence-electron chi connectivity index (χ0n) is 12.2. The van der Waals surface area contributed by atoms with Gasteiger partial charge in [-0.05, 0) is 50.3 Å². The number of fused-ring (bicyclic) bond motifs is 2. The van der Waals surface area contributed by atoms with Crippen LogP contribution in [0.1, 0.15) is 37.7 Å². The Morgan fingerprint density at radius 3 is 2.57 bits per heavy atom. The molecular weight excluding hydrogens is 286 g/mol. The van der Waals surface area contributed by atoms with Crippen LogP contribution in [0.5, 0.6) is 0 Å². The topological polar surface area (TPSA) is 46.2 Å². The SMILES string of the molecule is Cc1ccc(Cl)cc1NC(=O)C1C[C@H]2CCC[C@@H](C1)C2=O. The summed E-state index contributed by atoms with van der Waals surface area (Å²) in [5.74, 6) is 0.591. The zero-order chi connectivity index (χ0) is 15.0. The van der Waals surface area contributed by atoms with Gasteiger partial charge in [0.1, 0.15) is 5.78 Å². The molecule has 0 heterocycles. The predicted octanol–water partition coefficient (Wildman–Crippen LogP) is 3.98. The van der Waals surface area contributed by atoms with Crippen LogP contribution in [-0.2, 0) is 9.59 Å². The molecule has 0 saturated heterocycles. The number of aryl methyl sites for hydroxylation is 1. The molecule has 0 aliphatic heterocycles. The molecular formula is C17H20ClNO2. The number of halogens is 1. The summed E-state index contributed by atoms with van der Waals surface area (Å²) in [6.45, 7) is 1.95. The van der Waals surface area contributed by atoms with E-state index in [0.717, 1.165) is 30.5 Å². The number of rotatable bonds is 2. The van der Waals surface area contributed by atoms with Gasteiger partial charge < -0.3 is 5.32 Å². The Morgan fingerprint density at radius 1 is 1.24 bits per heavy atom. The monoisotopic (exact) mass is 305 g/mol. The van der Waals surface area contributed by atoms with Crippen LogP contribution in [0, 0.1) is 24.7 Å². The van der Waals surface area contributed by atoms with Crippen molar-refractivity contribution in [3.05, 3.63) is 28.8 Å². The van der Waals surface area contributed by atoms with Gasteiger partial charge in [0.05, 0.1) is 0 Å². The lowest BCUT2D eigenvalue weighted by atomic mass is 9.67. The van der Waals surface area contributed by atoms with Gasteiger partial charge >= 0.3 is 0 Å². The molecule has 2 saturated carbocycles. The molecule has 1 aromatic carbocycles. The van der Waals surface area contributed by atoms with Crippen LogP contribution in [0.2, 0.25) is 5.02 Å². The normalized spacial score (nSPS) is 28.3. The van der Waals surface area contributed by atoms with E-state index in [2.05, 4.69) is 5.32 Å². The molecule has 21 heavy (non-hydrogen) atoms. The summed E-state index contributed by atoms with van der Waals surface area (Å²) in [6, 6.07) is 5.50. The molecule has 4 heteroatoms. The summed E-state index contributed by atoms with van der Waals surface area (Å²) in [5, 5.41) is 3.61. The number of carbonyl (C=O) groups is 2. The Kier molecular flexibility index (Phi) is 4.03. The molecule has 2 aliphatic carbocycles. The van der Waals surface area contributed by atoms with Gasteiger partial charge in [0.25, 0.3) is 0 Å². The van der Waals surface area contributed by atoms with Gasteiger partial charge in [-0.25, -0.2) is 0 Å². The third-order valence-electron chi connectivity index (χ3n) is 4.88. The first-order valence-corrected chi connectivity index (χ1v) is 8.03. The average molecular weight is 306 g/mol. The molecule has 3 rings (SSSR count). The van der Waals surface area contributed by atoms with E-state index in [4.69, 9.17) is 11.6 Å². The quantitative estimate of drug-likeness (QED) is 0.898. The van der Waals surface area contributed by atoms with Crippen molar-refractivity contribution in [2.75, 3.05) is 5.32 Å². The number of benzene rings is 1. The van der Waals surface area contributed by atoms with Crippen LogP contribution >= 0.6 is 11.6 Å². The van der Waals surface area contributed by atoms with Crippen molar-refractivity contribution in [3.8, 4) is 0 Å². The maximum atomic E-state index is 12.5. The fraction of sp³-hybridized carbons (Fsp3) is 0.529. The van der Waals surface area contributed by atoms with E-state index in [9.17, 15) is 9.59 Å². The third-order valence-corrected chi connectivity index (χ3v) is 5.11. The number of hydrogen-bond donors (Lipinski definition) is 1. The Hall–Kier alpha value is -1.35. The van der Waals surface area contributed by atoms with Crippen LogP contribution in [0.4, 0.5) is 5.69 Å². The molecule has 2 fully saturated rings. The lowest BCUT2D eigenvalue weighted by Crippen LogP contribution is -2.40. The van der Waals surface area contributed by atoms with Gasteiger partial charge in [-0.2, -0.15) is 0 Å². The van der Waals surface area contributed by atoms with Crippen LogP contribution < -0.4 is 5.32 Å². The maximum absolute atomic E-state index is 12.5. The predicted molar refractivity (Wildman–Crippen MR) is 83.4 cm³/mol. The minimum atomic E-state index is -0.0450. The van der Waals surface area contributed by atoms with Crippen molar-refractivity contribution in [3.63, 3.8) is 0 Å². The number of carbonyl (C=O) groups excluding carboxylic acids is 2. The molecule has 2 bridgehead atoms. The van der Waals surface area contributed by atoms with Gasteiger partial charge in [-0.15, -0.1) is 0 Å². The van der Waals surface area contributed by atoms with Crippen LogP contribution in [0.15, 0.2) is 18.2 Å². The number of nitrogens with one attached hydrogen (secondary N) is 1. The summed E-state index contributed by atoms with van der Waals surface area (Å²) in [7, 11) is 0. The lowest BCUT2D eigenvalue weighted by Gasteiger charge is -2.37. The van der Waals surface area contributed by atoms with Crippen molar-refractivity contribution in [2.45, 2.75) is 39.0 Å². The van der Waals surface area contributed by atoms with E-state index >= 15 is 0 Å². The molecule has 1 unspecified atom stereocenters. The second kappa shape index (κ2) is 5.80. The first-order chi connectivity index (χ1) is 10.0. The van der Waals surface area contributed by atoms with E-state index in [1.165, 1.54) is 0 Å². The minimum Gasteiger partial charge on any atom is -0.326 e. The van der Waals surface area contributed by atoms with Crippen molar-refractivity contribution in [1.29, 1.82) is 0 Å². The number of Topliss-reactive ketones (excluding diaryl/α,β-unsaturated/α-hetero) is 1. The molecule has 1 aromatic rings. The van der Waals surface area contributed by atoms with Crippen molar-refractivity contribution in [2.24, 2.45) is 17.8 Å². The molecule has 3 atom stereocenters. The molecule has 1 N–H and O–H groups in total. The zero-order valence-corrected chi connectivity index (χ0v) is 13.0. The summed E-state index contributed by atoms with van der Waals surface area (Å²) < 4.78 is 0. The van der Waals surface area contributed by atoms with Crippen LogP contribution in [0.25, 0.3) is 0 Å². The van der Waals surface area contributed by atoms with Gasteiger partial charge in [0.2, 0.25) is 5.91 Å². The standard InChI is InChI=1S/C17H20ClNO2/c1-10-5-6-14(18)9-15(10)19-17(21)13-7-11-3-2-4-12(8-13)16(11)20/h5-6,9,11-13H,2-4,7-8H2,1H3,(H,19,21)/t11-,12+,13?. The van der Waals surface area contributed by atoms with E-state index in [1.807, 2.05) is 19.1 Å². The molecule has 0 radical (unpaired) electrons. The fourth-order valence-corrected chi connectivity index (χ4v) is 3.83. The Balaban J connectivity index is 1.71. The van der Waals surface area contributed by atoms with Crippen molar-refractivity contribution >= 4 is 29.0 Å². The summed E-state index contributed by atoms with van der Waals surface area (Å²) in [5.41, 5.74) is 1.77. The molecule has 1 amide bonds. The summed E-state index contributed by atoms with van der Waals surface area (Å²) in [4.78, 5) is 24.6. The number of ketones is 1. The Bertz CT molecular complexity index is 568. The maximum Gasteiger partial charge on any atom is 0.227 e. The Labute approximate surface area is 130 Å². The minimum absolute atomic E-state index is 0.0322. The Morgan fingerprint density at radius 2 is 1.90 bits per heavy atom. The van der Waals surface area contributed by atoms with Gasteiger partial charge in [-0.3, -0.25) is 9.59 Å². The van der Waals surface area contributed by atoms with Gasteiger partial charge in [0, 0.05) is 28.5 Å². The number of hydrogen-bond acceptors (Lipinski definition) is 2. The highest BCUT2D eigenvalue weighted by Gasteiger charge is 2.41. The smallest absolute Gasteiger partial charge is 0.227 e. The van der Waals surface area contributed by atoms with E-state index in [0.29, 0.717) is 23.6 Å². The van der Waals surface area contributed by atoms with Gasteiger partial charge in [-0.1, -0.05) is 24.1 Å². The highest BCUT2D eigenvalue weighted by Crippen LogP contribution is 2.40. The van der Waals surface area contributed by atoms with E-state index in [-0.39, 0.29) is 23.7 Å². The number of anilines is 1. The van der Waals surface area contributed by atoms with Crippen molar-refractivity contribution < 1.29 is 9.59 Å².